The van der Waals surface area contributed by atoms with Crippen LogP contribution in [0.3, 0.4) is 0 Å². The molecule has 0 atom stereocenters. The van der Waals surface area contributed by atoms with Crippen molar-refractivity contribution in [1.82, 2.24) is 5.32 Å². The molecule has 3 aromatic rings. The van der Waals surface area contributed by atoms with Crippen LogP contribution in [0.1, 0.15) is 16.7 Å². The third-order valence-electron chi connectivity index (χ3n) is 4.08. The molecule has 0 spiro atoms. The second-order valence-corrected chi connectivity index (χ2v) is 7.24. The van der Waals surface area contributed by atoms with Crippen LogP contribution in [0.4, 0.5) is 0 Å². The number of hydrogen-bond acceptors (Lipinski definition) is 2. The van der Waals surface area contributed by atoms with Crippen LogP contribution in [0.5, 0.6) is 5.75 Å². The number of halogens is 2. The third kappa shape index (κ3) is 5.70. The predicted octanol–water partition coefficient (Wildman–Crippen LogP) is 6.08. The first-order valence-electron chi connectivity index (χ1n) is 8.61. The second kappa shape index (κ2) is 9.75. The minimum atomic E-state index is 0.360. The van der Waals surface area contributed by atoms with Crippen LogP contribution in [0.15, 0.2) is 72.8 Å². The number of hydrogen-bond donors (Lipinski definition) is 1. The molecule has 0 aliphatic heterocycles. The maximum atomic E-state index is 6.36. The maximum absolute atomic E-state index is 6.36. The molecule has 0 unspecified atom stereocenters. The van der Waals surface area contributed by atoms with E-state index in [0.717, 1.165) is 24.1 Å². The van der Waals surface area contributed by atoms with E-state index in [1.807, 2.05) is 60.7 Å². The van der Waals surface area contributed by atoms with E-state index in [0.29, 0.717) is 27.4 Å². The molecule has 2 nitrogen and oxygen atoms in total. The molecule has 0 radical (unpaired) electrons. The minimum absolute atomic E-state index is 0.360. The average Bonchev–Trinajstić information content (AvgIpc) is 2.69. The number of ether oxygens (including phenoxy) is 1. The van der Waals surface area contributed by atoms with Gasteiger partial charge >= 0.3 is 0 Å². The van der Waals surface area contributed by atoms with E-state index in [4.69, 9.17) is 40.2 Å². The van der Waals surface area contributed by atoms with Crippen molar-refractivity contribution >= 4 is 40.4 Å². The lowest BCUT2D eigenvalue weighted by atomic mass is 10.1. The van der Waals surface area contributed by atoms with E-state index in [1.165, 1.54) is 5.56 Å². The first kappa shape index (κ1) is 19.7. The predicted molar refractivity (Wildman–Crippen MR) is 117 cm³/mol. The summed E-state index contributed by atoms with van der Waals surface area (Å²) < 4.78 is 5.80. The summed E-state index contributed by atoms with van der Waals surface area (Å²) in [7, 11) is 0. The van der Waals surface area contributed by atoms with Gasteiger partial charge in [-0.3, -0.25) is 0 Å². The Kier molecular flexibility index (Phi) is 7.11. The highest BCUT2D eigenvalue weighted by Crippen LogP contribution is 2.27. The Morgan fingerprint density at radius 2 is 1.63 bits per heavy atom. The van der Waals surface area contributed by atoms with Gasteiger partial charge in [-0.25, -0.2) is 0 Å². The molecule has 0 amide bonds. The van der Waals surface area contributed by atoms with Crippen LogP contribution in [-0.4, -0.2) is 11.5 Å². The molecule has 27 heavy (non-hydrogen) atoms. The summed E-state index contributed by atoms with van der Waals surface area (Å²) in [6.07, 6.45) is 0.910. The summed E-state index contributed by atoms with van der Waals surface area (Å²) in [6.45, 7) is 1.13. The molecule has 0 fully saturated rings. The van der Waals surface area contributed by atoms with E-state index in [1.54, 1.807) is 0 Å². The summed E-state index contributed by atoms with van der Waals surface area (Å²) in [4.78, 5) is 0.672. The fraction of sp³-hybridized carbons (Fsp3) is 0.136. The highest BCUT2D eigenvalue weighted by molar-refractivity contribution is 7.80. The fourth-order valence-corrected chi connectivity index (χ4v) is 3.25. The van der Waals surface area contributed by atoms with Crippen LogP contribution in [0.25, 0.3) is 0 Å². The molecule has 0 aromatic heterocycles. The highest BCUT2D eigenvalue weighted by atomic mass is 35.5. The average molecular weight is 416 g/mol. The Morgan fingerprint density at radius 3 is 2.37 bits per heavy atom. The summed E-state index contributed by atoms with van der Waals surface area (Å²) in [6, 6.07) is 23.4. The van der Waals surface area contributed by atoms with E-state index in [-0.39, 0.29) is 0 Å². The Labute approximate surface area is 175 Å². The second-order valence-electron chi connectivity index (χ2n) is 6.02. The molecule has 0 aliphatic carbocycles. The largest absolute Gasteiger partial charge is 0.487 e. The number of thiocarbonyl (C=S) groups is 1. The first-order chi connectivity index (χ1) is 13.1. The molecule has 0 saturated heterocycles. The summed E-state index contributed by atoms with van der Waals surface area (Å²) in [5, 5.41) is 4.47. The van der Waals surface area contributed by atoms with Crippen molar-refractivity contribution in [3.8, 4) is 5.75 Å². The molecule has 3 aromatic carbocycles. The summed E-state index contributed by atoms with van der Waals surface area (Å²) >= 11 is 18.0. The van der Waals surface area contributed by atoms with Gasteiger partial charge < -0.3 is 10.1 Å². The Balaban J connectivity index is 1.55. The van der Waals surface area contributed by atoms with Gasteiger partial charge in [0.25, 0.3) is 0 Å². The van der Waals surface area contributed by atoms with Crippen molar-refractivity contribution in [2.24, 2.45) is 0 Å². The Bertz CT molecular complexity index is 915. The number of benzene rings is 3. The molecule has 0 saturated carbocycles. The van der Waals surface area contributed by atoms with Crippen LogP contribution in [-0.2, 0) is 13.0 Å². The maximum Gasteiger partial charge on any atom is 0.138 e. The molecule has 138 valence electrons. The van der Waals surface area contributed by atoms with E-state index in [2.05, 4.69) is 17.4 Å². The van der Waals surface area contributed by atoms with Crippen LogP contribution in [0, 0.1) is 0 Å². The number of nitrogens with one attached hydrogen (secondary N) is 1. The minimum Gasteiger partial charge on any atom is -0.487 e. The molecule has 0 bridgehead atoms. The van der Waals surface area contributed by atoms with Crippen molar-refractivity contribution in [3.63, 3.8) is 0 Å². The van der Waals surface area contributed by atoms with Gasteiger partial charge in [-0.2, -0.15) is 0 Å². The van der Waals surface area contributed by atoms with Gasteiger partial charge in [0.2, 0.25) is 0 Å². The van der Waals surface area contributed by atoms with Crippen molar-refractivity contribution in [2.45, 2.75) is 13.0 Å². The Hall–Kier alpha value is -2.07. The van der Waals surface area contributed by atoms with Gasteiger partial charge in [0.1, 0.15) is 17.3 Å². The molecule has 0 aliphatic rings. The van der Waals surface area contributed by atoms with Gasteiger partial charge in [-0.05, 0) is 36.2 Å². The molecule has 0 heterocycles. The zero-order valence-electron chi connectivity index (χ0n) is 14.6. The molecular formula is C22H19Cl2NOS. The standard InChI is InChI=1S/C22H19Cl2NOS/c23-19-9-5-4-8-18(19)15-26-21-11-10-17(14-20(21)24)22(27)25-13-12-16-6-2-1-3-7-16/h1-11,14H,12-13,15H2,(H,25,27). The summed E-state index contributed by atoms with van der Waals surface area (Å²) in [5.74, 6) is 0.604. The van der Waals surface area contributed by atoms with Gasteiger partial charge in [0.15, 0.2) is 0 Å². The molecular weight excluding hydrogens is 397 g/mol. The fourth-order valence-electron chi connectivity index (χ4n) is 2.60. The quantitative estimate of drug-likeness (QED) is 0.472. The SMILES string of the molecule is S=C(NCCc1ccccc1)c1ccc(OCc2ccccc2Cl)c(Cl)c1. The van der Waals surface area contributed by atoms with Crippen LogP contribution in [0.2, 0.25) is 10.0 Å². The van der Waals surface area contributed by atoms with Crippen molar-refractivity contribution < 1.29 is 4.74 Å². The van der Waals surface area contributed by atoms with E-state index < -0.39 is 0 Å². The van der Waals surface area contributed by atoms with Gasteiger partial charge in [-0.1, -0.05) is 84.0 Å². The van der Waals surface area contributed by atoms with Gasteiger partial charge in [0, 0.05) is 22.7 Å². The third-order valence-corrected chi connectivity index (χ3v) is 5.12. The van der Waals surface area contributed by atoms with Crippen molar-refractivity contribution in [1.29, 1.82) is 0 Å². The van der Waals surface area contributed by atoms with Gasteiger partial charge in [-0.15, -0.1) is 0 Å². The lowest BCUT2D eigenvalue weighted by molar-refractivity contribution is 0.306. The zero-order valence-corrected chi connectivity index (χ0v) is 17.0. The lowest BCUT2D eigenvalue weighted by Crippen LogP contribution is -2.24. The van der Waals surface area contributed by atoms with Crippen LogP contribution < -0.4 is 10.1 Å². The smallest absolute Gasteiger partial charge is 0.138 e. The van der Waals surface area contributed by atoms with Crippen molar-refractivity contribution in [2.75, 3.05) is 6.54 Å². The van der Waals surface area contributed by atoms with E-state index in [9.17, 15) is 0 Å². The molecule has 1 N–H and O–H groups in total. The lowest BCUT2D eigenvalue weighted by Gasteiger charge is -2.12. The molecule has 5 heteroatoms. The molecule has 3 rings (SSSR count). The van der Waals surface area contributed by atoms with Gasteiger partial charge in [0.05, 0.1) is 5.02 Å². The highest BCUT2D eigenvalue weighted by Gasteiger charge is 2.08. The Morgan fingerprint density at radius 1 is 0.889 bits per heavy atom. The van der Waals surface area contributed by atoms with Crippen molar-refractivity contribution in [3.05, 3.63) is 99.5 Å². The van der Waals surface area contributed by atoms with Crippen LogP contribution >= 0.6 is 35.4 Å². The summed E-state index contributed by atoms with van der Waals surface area (Å²) in [5.41, 5.74) is 3.06. The van der Waals surface area contributed by atoms with E-state index >= 15 is 0 Å². The zero-order chi connectivity index (χ0) is 19.1. The topological polar surface area (TPSA) is 21.3 Å². The monoisotopic (exact) mass is 415 g/mol. The number of rotatable bonds is 7. The first-order valence-corrected chi connectivity index (χ1v) is 9.78. The normalized spacial score (nSPS) is 10.4.